The zero-order chi connectivity index (χ0) is 30.6. The number of imidazole rings is 1. The highest BCUT2D eigenvalue weighted by molar-refractivity contribution is 7.70. The van der Waals surface area contributed by atoms with Gasteiger partial charge in [-0.1, -0.05) is 24.3 Å². The van der Waals surface area contributed by atoms with Crippen molar-refractivity contribution in [3.8, 4) is 0 Å². The van der Waals surface area contributed by atoms with Gasteiger partial charge in [0.1, 0.15) is 18.3 Å². The van der Waals surface area contributed by atoms with Gasteiger partial charge in [-0.05, 0) is 29.1 Å². The van der Waals surface area contributed by atoms with Gasteiger partial charge in [-0.2, -0.15) is 23.1 Å². The molecule has 5 atom stereocenters. The summed E-state index contributed by atoms with van der Waals surface area (Å²) in [5.74, 6) is -1.46. The van der Waals surface area contributed by atoms with Gasteiger partial charge in [-0.15, -0.1) is 0 Å². The predicted octanol–water partition coefficient (Wildman–Crippen LogP) is 3.35. The molecule has 3 heterocycles. The van der Waals surface area contributed by atoms with Crippen molar-refractivity contribution in [3.63, 3.8) is 0 Å². The number of halogens is 4. The second kappa shape index (κ2) is 11.1. The van der Waals surface area contributed by atoms with E-state index in [9.17, 15) is 37.4 Å². The van der Waals surface area contributed by atoms with Crippen LogP contribution in [-0.2, 0) is 24.6 Å². The number of anilines is 2. The maximum atomic E-state index is 13.6. The number of fused-ring (bicyclic) bond motifs is 2. The Morgan fingerprint density at radius 2 is 1.74 bits per heavy atom. The number of ether oxygens (including phenoxy) is 1. The number of aliphatic hydroxyl groups excluding tert-OH is 2. The molecule has 0 amide bonds. The van der Waals surface area contributed by atoms with Gasteiger partial charge in [0.2, 0.25) is 5.28 Å². The van der Waals surface area contributed by atoms with E-state index in [1.165, 1.54) is 35.2 Å². The molecular formula is C22H21ClF3N5O9P2. The summed E-state index contributed by atoms with van der Waals surface area (Å²) in [5, 5.41) is 23.9. The first-order valence-electron chi connectivity index (χ1n) is 11.8. The van der Waals surface area contributed by atoms with Gasteiger partial charge in [-0.3, -0.25) is 13.7 Å². The zero-order valence-corrected chi connectivity index (χ0v) is 23.4. The molecule has 1 aliphatic heterocycles. The van der Waals surface area contributed by atoms with Crippen molar-refractivity contribution >= 4 is 60.2 Å². The molecule has 0 spiro atoms. The summed E-state index contributed by atoms with van der Waals surface area (Å²) >= 11 is 6.13. The molecule has 0 radical (unpaired) electrons. The molecule has 2 aromatic heterocycles. The molecule has 226 valence electrons. The van der Waals surface area contributed by atoms with Crippen LogP contribution in [0.15, 0.2) is 42.7 Å². The van der Waals surface area contributed by atoms with E-state index in [0.717, 1.165) is 6.07 Å². The number of benzene rings is 2. The number of nitrogens with zero attached hydrogens (tertiary/aromatic N) is 4. The van der Waals surface area contributed by atoms with Gasteiger partial charge < -0.3 is 39.5 Å². The number of aromatic nitrogens is 4. The van der Waals surface area contributed by atoms with Gasteiger partial charge >= 0.3 is 21.4 Å². The van der Waals surface area contributed by atoms with Crippen molar-refractivity contribution < 1.29 is 56.5 Å². The number of hydrogen-bond donors (Lipinski definition) is 6. The van der Waals surface area contributed by atoms with Crippen molar-refractivity contribution in [2.45, 2.75) is 30.7 Å². The average molecular weight is 654 g/mol. The average Bonchev–Trinajstić information content (AvgIpc) is 3.41. The normalized spacial score (nSPS) is 23.0. The molecular weight excluding hydrogens is 633 g/mol. The molecule has 0 bridgehead atoms. The maximum Gasteiger partial charge on any atom is 0.417 e. The largest absolute Gasteiger partial charge is 0.417 e. The summed E-state index contributed by atoms with van der Waals surface area (Å²) in [7, 11) is -9.67. The summed E-state index contributed by atoms with van der Waals surface area (Å²) in [6, 6.07) is 7.99. The molecule has 1 saturated heterocycles. The van der Waals surface area contributed by atoms with Gasteiger partial charge in [-0.25, -0.2) is 4.98 Å². The van der Waals surface area contributed by atoms with Crippen molar-refractivity contribution in [2.75, 3.05) is 17.8 Å². The summed E-state index contributed by atoms with van der Waals surface area (Å²) in [5.41, 5.74) is -0.531. The standard InChI is InChI=1S/C22H21ClF3N5O9P2/c23-21-29-18(28-13-6-5-12(22(24,25)26)10-3-1-2-4-11(10)13)15-19(30-21)31(8-27-15)20-17(33)16(32)14(40-20)7-39-42(37,38)9-41(34,35)36/h1-6,8,14,16-17,20,32-33H,7,9H2,(H,37,38)(H,28,29,30)(H2,34,35,36)/t14-,16?,17+,20-/m1/s1. The van der Waals surface area contributed by atoms with E-state index in [1.54, 1.807) is 6.07 Å². The number of rotatable bonds is 8. The lowest BCUT2D eigenvalue weighted by Gasteiger charge is -2.18. The lowest BCUT2D eigenvalue weighted by Crippen LogP contribution is -2.33. The second-order valence-electron chi connectivity index (χ2n) is 9.28. The van der Waals surface area contributed by atoms with Crippen molar-refractivity contribution in [1.82, 2.24) is 19.5 Å². The fourth-order valence-electron chi connectivity index (χ4n) is 4.51. The monoisotopic (exact) mass is 653 g/mol. The molecule has 42 heavy (non-hydrogen) atoms. The molecule has 5 rings (SSSR count). The molecule has 0 saturated carbocycles. The Labute approximate surface area is 238 Å². The Morgan fingerprint density at radius 1 is 1.05 bits per heavy atom. The Hall–Kier alpha value is -2.69. The smallest absolute Gasteiger partial charge is 0.387 e. The first-order chi connectivity index (χ1) is 19.5. The van der Waals surface area contributed by atoms with Crippen molar-refractivity contribution in [3.05, 3.63) is 53.6 Å². The van der Waals surface area contributed by atoms with Crippen LogP contribution in [0, 0.1) is 0 Å². The van der Waals surface area contributed by atoms with Crippen molar-refractivity contribution in [2.24, 2.45) is 0 Å². The maximum absolute atomic E-state index is 13.6. The third-order valence-electron chi connectivity index (χ3n) is 6.29. The van der Waals surface area contributed by atoms with Crippen LogP contribution in [-0.4, -0.2) is 75.2 Å². The SMILES string of the molecule is O=P(O)(O)CP(=O)(O)OC[C@H]1O[C@@H](n2cnc3c(Nc4ccc(C(F)(F)F)c5ccccc45)nc(Cl)nc32)[C@@H](O)C1O. The fraction of sp³-hybridized carbons (Fsp3) is 0.318. The van der Waals surface area contributed by atoms with E-state index in [4.69, 9.17) is 30.6 Å². The third-order valence-corrected chi connectivity index (χ3v) is 9.92. The van der Waals surface area contributed by atoms with E-state index >= 15 is 0 Å². The Balaban J connectivity index is 1.44. The molecule has 2 unspecified atom stereocenters. The molecule has 6 N–H and O–H groups in total. The lowest BCUT2D eigenvalue weighted by molar-refractivity contribution is -0.136. The number of nitrogens with one attached hydrogen (secondary N) is 1. The highest BCUT2D eigenvalue weighted by atomic mass is 35.5. The van der Waals surface area contributed by atoms with Crippen LogP contribution < -0.4 is 5.32 Å². The lowest BCUT2D eigenvalue weighted by atomic mass is 10.0. The van der Waals surface area contributed by atoms with E-state index in [0.29, 0.717) is 0 Å². The first kappa shape index (κ1) is 30.8. The van der Waals surface area contributed by atoms with Crippen LogP contribution in [0.1, 0.15) is 11.8 Å². The molecule has 0 aliphatic carbocycles. The Kier molecular flexibility index (Phi) is 8.13. The third kappa shape index (κ3) is 6.31. The van der Waals surface area contributed by atoms with E-state index in [1.807, 2.05) is 0 Å². The minimum absolute atomic E-state index is 0.000218. The second-order valence-corrected chi connectivity index (χ2v) is 13.6. The van der Waals surface area contributed by atoms with E-state index in [2.05, 4.69) is 20.3 Å². The molecule has 14 nitrogen and oxygen atoms in total. The highest BCUT2D eigenvalue weighted by Gasteiger charge is 2.46. The highest BCUT2D eigenvalue weighted by Crippen LogP contribution is 2.55. The van der Waals surface area contributed by atoms with Gasteiger partial charge in [0.25, 0.3) is 0 Å². The van der Waals surface area contributed by atoms with Crippen LogP contribution in [0.3, 0.4) is 0 Å². The zero-order valence-electron chi connectivity index (χ0n) is 20.8. The first-order valence-corrected chi connectivity index (χ1v) is 15.8. The summed E-state index contributed by atoms with van der Waals surface area (Å²) in [4.78, 5) is 40.0. The van der Waals surface area contributed by atoms with E-state index in [-0.39, 0.29) is 38.7 Å². The van der Waals surface area contributed by atoms with Crippen LogP contribution in [0.4, 0.5) is 24.7 Å². The van der Waals surface area contributed by atoms with Crippen LogP contribution in [0.5, 0.6) is 0 Å². The van der Waals surface area contributed by atoms with Crippen LogP contribution in [0.25, 0.3) is 21.9 Å². The van der Waals surface area contributed by atoms with Gasteiger partial charge in [0, 0.05) is 11.1 Å². The number of alkyl halides is 3. The molecule has 2 aromatic carbocycles. The van der Waals surface area contributed by atoms with E-state index < -0.39 is 64.0 Å². The molecule has 1 aliphatic rings. The van der Waals surface area contributed by atoms with Crippen molar-refractivity contribution in [1.29, 1.82) is 0 Å². The Bertz CT molecular complexity index is 1750. The molecule has 4 aromatic rings. The predicted molar refractivity (Wildman–Crippen MR) is 141 cm³/mol. The molecule has 1 fully saturated rings. The topological polar surface area (TPSA) is 209 Å². The Morgan fingerprint density at radius 3 is 2.40 bits per heavy atom. The minimum Gasteiger partial charge on any atom is -0.387 e. The quantitative estimate of drug-likeness (QED) is 0.119. The minimum atomic E-state index is -4.90. The summed E-state index contributed by atoms with van der Waals surface area (Å²) < 4.78 is 75.2. The van der Waals surface area contributed by atoms with Crippen LogP contribution >= 0.6 is 26.8 Å². The van der Waals surface area contributed by atoms with Gasteiger partial charge in [0.05, 0.1) is 18.5 Å². The number of aliphatic hydroxyl groups is 2. The molecule has 20 heteroatoms. The van der Waals surface area contributed by atoms with Crippen LogP contribution in [0.2, 0.25) is 5.28 Å². The summed E-state index contributed by atoms with van der Waals surface area (Å²) in [6.07, 6.45) is -9.54. The van der Waals surface area contributed by atoms with Gasteiger partial charge in [0.15, 0.2) is 29.1 Å². The fourth-order valence-corrected chi connectivity index (χ4v) is 7.24. The summed E-state index contributed by atoms with van der Waals surface area (Å²) in [6.45, 7) is -0.807. The number of hydrogen-bond acceptors (Lipinski definition) is 10.